The van der Waals surface area contributed by atoms with Crippen LogP contribution in [-0.2, 0) is 24.2 Å². The average molecular weight is 334 g/mol. The number of rotatable bonds is 4. The normalized spacial score (nSPS) is 17.4. The number of H-pyrrole nitrogens is 1. The molecular formula is C20H22N4O. The van der Waals surface area contributed by atoms with Gasteiger partial charge in [-0.1, -0.05) is 42.5 Å². The Bertz CT molecular complexity index is 901. The van der Waals surface area contributed by atoms with Crippen LogP contribution in [0.1, 0.15) is 16.8 Å². The van der Waals surface area contributed by atoms with Gasteiger partial charge in [0.25, 0.3) is 0 Å². The van der Waals surface area contributed by atoms with Gasteiger partial charge in [-0.05, 0) is 30.7 Å². The SMILES string of the molecule is CN1Cc2ccccc2C[C@H]1CNC(=O)Cc1[nH]nc2ccccc12. The van der Waals surface area contributed by atoms with Crippen LogP contribution in [0, 0.1) is 0 Å². The molecular weight excluding hydrogens is 312 g/mol. The van der Waals surface area contributed by atoms with Gasteiger partial charge in [0.05, 0.1) is 17.6 Å². The lowest BCUT2D eigenvalue weighted by Gasteiger charge is -2.34. The second kappa shape index (κ2) is 6.69. The van der Waals surface area contributed by atoms with Crippen LogP contribution in [0.2, 0.25) is 0 Å². The topological polar surface area (TPSA) is 61.0 Å². The highest BCUT2D eigenvalue weighted by Crippen LogP contribution is 2.21. The van der Waals surface area contributed by atoms with Crippen LogP contribution in [0.5, 0.6) is 0 Å². The molecule has 0 spiro atoms. The molecule has 0 saturated carbocycles. The number of likely N-dealkylation sites (N-methyl/N-ethyl adjacent to an activating group) is 1. The Labute approximate surface area is 147 Å². The van der Waals surface area contributed by atoms with Crippen molar-refractivity contribution in [1.29, 1.82) is 0 Å². The Morgan fingerprint density at radius 3 is 2.84 bits per heavy atom. The quantitative estimate of drug-likeness (QED) is 0.769. The zero-order chi connectivity index (χ0) is 17.2. The highest BCUT2D eigenvalue weighted by molar-refractivity contribution is 5.87. The lowest BCUT2D eigenvalue weighted by atomic mass is 9.94. The molecule has 2 N–H and O–H groups in total. The van der Waals surface area contributed by atoms with E-state index in [-0.39, 0.29) is 5.91 Å². The van der Waals surface area contributed by atoms with Gasteiger partial charge in [-0.2, -0.15) is 5.10 Å². The third kappa shape index (κ3) is 3.28. The van der Waals surface area contributed by atoms with Gasteiger partial charge in [0, 0.05) is 24.5 Å². The number of nitrogens with zero attached hydrogens (tertiary/aromatic N) is 2. The predicted octanol–water partition coefficient (Wildman–Crippen LogP) is 2.28. The fourth-order valence-corrected chi connectivity index (χ4v) is 3.55. The zero-order valence-electron chi connectivity index (χ0n) is 14.3. The van der Waals surface area contributed by atoms with E-state index in [1.165, 1.54) is 11.1 Å². The van der Waals surface area contributed by atoms with Gasteiger partial charge in [-0.15, -0.1) is 0 Å². The van der Waals surface area contributed by atoms with Crippen molar-refractivity contribution in [2.75, 3.05) is 13.6 Å². The maximum Gasteiger partial charge on any atom is 0.226 e. The number of carbonyl (C=O) groups excluding carboxylic acids is 1. The van der Waals surface area contributed by atoms with Crippen molar-refractivity contribution in [3.8, 4) is 0 Å². The Morgan fingerprint density at radius 1 is 1.20 bits per heavy atom. The lowest BCUT2D eigenvalue weighted by molar-refractivity contribution is -0.120. The molecule has 3 aromatic rings. The summed E-state index contributed by atoms with van der Waals surface area (Å²) in [6, 6.07) is 16.7. The first-order valence-electron chi connectivity index (χ1n) is 8.66. The third-order valence-corrected chi connectivity index (χ3v) is 5.03. The Hall–Kier alpha value is -2.66. The molecule has 0 fully saturated rings. The van der Waals surface area contributed by atoms with Crippen LogP contribution < -0.4 is 5.32 Å². The fraction of sp³-hybridized carbons (Fsp3) is 0.300. The lowest BCUT2D eigenvalue weighted by Crippen LogP contribution is -2.45. The van der Waals surface area contributed by atoms with E-state index in [2.05, 4.69) is 51.7 Å². The molecule has 5 heteroatoms. The first-order chi connectivity index (χ1) is 12.2. The van der Waals surface area contributed by atoms with Gasteiger partial charge >= 0.3 is 0 Å². The van der Waals surface area contributed by atoms with Gasteiger partial charge < -0.3 is 5.32 Å². The summed E-state index contributed by atoms with van der Waals surface area (Å²) < 4.78 is 0. The predicted molar refractivity (Wildman–Crippen MR) is 98.2 cm³/mol. The second-order valence-corrected chi connectivity index (χ2v) is 6.74. The smallest absolute Gasteiger partial charge is 0.226 e. The third-order valence-electron chi connectivity index (χ3n) is 5.03. The van der Waals surface area contributed by atoms with Crippen LogP contribution in [0.4, 0.5) is 0 Å². The molecule has 0 unspecified atom stereocenters. The zero-order valence-corrected chi connectivity index (χ0v) is 14.3. The van der Waals surface area contributed by atoms with Crippen LogP contribution in [-0.4, -0.2) is 40.6 Å². The minimum atomic E-state index is 0.0293. The summed E-state index contributed by atoms with van der Waals surface area (Å²) in [5, 5.41) is 11.3. The molecule has 0 aliphatic carbocycles. The average Bonchev–Trinajstić information content (AvgIpc) is 3.03. The maximum atomic E-state index is 12.4. The van der Waals surface area contributed by atoms with E-state index in [0.717, 1.165) is 29.6 Å². The van der Waals surface area contributed by atoms with Gasteiger partial charge in [-0.3, -0.25) is 14.8 Å². The number of benzene rings is 2. The number of aromatic nitrogens is 2. The number of para-hydroxylation sites is 1. The van der Waals surface area contributed by atoms with Crippen molar-refractivity contribution < 1.29 is 4.79 Å². The van der Waals surface area contributed by atoms with Crippen molar-refractivity contribution >= 4 is 16.8 Å². The summed E-state index contributed by atoms with van der Waals surface area (Å²) in [6.45, 7) is 1.59. The standard InChI is InChI=1S/C20H22N4O/c1-24-13-15-7-3-2-6-14(15)10-16(24)12-21-20(25)11-19-17-8-4-5-9-18(17)22-23-19/h2-9,16H,10-13H2,1H3,(H,21,25)(H,22,23)/t16-/m0/s1. The number of nitrogens with one attached hydrogen (secondary N) is 2. The highest BCUT2D eigenvalue weighted by Gasteiger charge is 2.23. The molecule has 2 heterocycles. The van der Waals surface area contributed by atoms with Crippen LogP contribution in [0.25, 0.3) is 10.9 Å². The van der Waals surface area contributed by atoms with Gasteiger partial charge in [0.2, 0.25) is 5.91 Å². The highest BCUT2D eigenvalue weighted by atomic mass is 16.1. The molecule has 1 aliphatic rings. The number of amides is 1. The number of hydrogen-bond acceptors (Lipinski definition) is 3. The van der Waals surface area contributed by atoms with Crippen molar-refractivity contribution in [2.45, 2.75) is 25.4 Å². The van der Waals surface area contributed by atoms with E-state index in [9.17, 15) is 4.79 Å². The fourth-order valence-electron chi connectivity index (χ4n) is 3.55. The van der Waals surface area contributed by atoms with Crippen LogP contribution in [0.15, 0.2) is 48.5 Å². The van der Waals surface area contributed by atoms with E-state index in [4.69, 9.17) is 0 Å². The van der Waals surface area contributed by atoms with Crippen LogP contribution >= 0.6 is 0 Å². The van der Waals surface area contributed by atoms with Crippen molar-refractivity contribution in [3.63, 3.8) is 0 Å². The molecule has 2 aromatic carbocycles. The monoisotopic (exact) mass is 334 g/mol. The molecule has 0 saturated heterocycles. The minimum absolute atomic E-state index is 0.0293. The molecule has 128 valence electrons. The van der Waals surface area contributed by atoms with Gasteiger partial charge in [0.15, 0.2) is 0 Å². The Balaban J connectivity index is 1.37. The number of fused-ring (bicyclic) bond motifs is 2. The molecule has 0 bridgehead atoms. The number of aromatic amines is 1. The summed E-state index contributed by atoms with van der Waals surface area (Å²) in [7, 11) is 2.12. The van der Waals surface area contributed by atoms with E-state index in [1.807, 2.05) is 24.3 Å². The summed E-state index contributed by atoms with van der Waals surface area (Å²) >= 11 is 0. The molecule has 1 aromatic heterocycles. The number of carbonyl (C=O) groups is 1. The van der Waals surface area contributed by atoms with Crippen molar-refractivity contribution in [3.05, 3.63) is 65.4 Å². The second-order valence-electron chi connectivity index (χ2n) is 6.74. The van der Waals surface area contributed by atoms with E-state index >= 15 is 0 Å². The molecule has 25 heavy (non-hydrogen) atoms. The van der Waals surface area contributed by atoms with Crippen molar-refractivity contribution in [2.24, 2.45) is 0 Å². The van der Waals surface area contributed by atoms with E-state index in [1.54, 1.807) is 0 Å². The molecule has 5 nitrogen and oxygen atoms in total. The molecule has 1 aliphatic heterocycles. The summed E-state index contributed by atoms with van der Waals surface area (Å²) in [5.41, 5.74) is 4.54. The molecule has 0 radical (unpaired) electrons. The van der Waals surface area contributed by atoms with Gasteiger partial charge in [0.1, 0.15) is 0 Å². The number of hydrogen-bond donors (Lipinski definition) is 2. The van der Waals surface area contributed by atoms with Gasteiger partial charge in [-0.25, -0.2) is 0 Å². The molecule has 1 atom stereocenters. The first-order valence-corrected chi connectivity index (χ1v) is 8.66. The minimum Gasteiger partial charge on any atom is -0.354 e. The summed E-state index contributed by atoms with van der Waals surface area (Å²) in [6.07, 6.45) is 1.30. The maximum absolute atomic E-state index is 12.4. The first kappa shape index (κ1) is 15.8. The summed E-state index contributed by atoms with van der Waals surface area (Å²) in [4.78, 5) is 14.7. The Kier molecular flexibility index (Phi) is 4.24. The van der Waals surface area contributed by atoms with E-state index in [0.29, 0.717) is 19.0 Å². The molecule has 1 amide bonds. The summed E-state index contributed by atoms with van der Waals surface area (Å²) in [5.74, 6) is 0.0293. The largest absolute Gasteiger partial charge is 0.354 e. The van der Waals surface area contributed by atoms with Crippen LogP contribution in [0.3, 0.4) is 0 Å². The van der Waals surface area contributed by atoms with E-state index < -0.39 is 0 Å². The van der Waals surface area contributed by atoms with Crippen molar-refractivity contribution in [1.82, 2.24) is 20.4 Å². The Morgan fingerprint density at radius 2 is 1.96 bits per heavy atom. The molecule has 4 rings (SSSR count).